The van der Waals surface area contributed by atoms with Crippen LogP contribution in [0.4, 0.5) is 5.69 Å². The predicted molar refractivity (Wildman–Crippen MR) is 140 cm³/mol. The number of aryl methyl sites for hydroxylation is 1. The molecule has 0 fully saturated rings. The number of aromatic nitrogens is 1. The van der Waals surface area contributed by atoms with Crippen LogP contribution >= 0.6 is 0 Å². The highest BCUT2D eigenvalue weighted by Gasteiger charge is 2.20. The number of unbranched alkanes of at least 4 members (excludes halogenated alkanes) is 3. The Morgan fingerprint density at radius 2 is 1.85 bits per heavy atom. The van der Waals surface area contributed by atoms with Gasteiger partial charge < -0.3 is 19.8 Å². The maximum Gasteiger partial charge on any atom is 0.297 e. The summed E-state index contributed by atoms with van der Waals surface area (Å²) in [6.07, 6.45) is 10.5. The van der Waals surface area contributed by atoms with Crippen molar-refractivity contribution in [3.05, 3.63) is 51.9 Å². The second-order valence-corrected chi connectivity index (χ2v) is 9.30. The molecule has 33 heavy (non-hydrogen) atoms. The first-order valence-electron chi connectivity index (χ1n) is 12.3. The van der Waals surface area contributed by atoms with E-state index in [1.807, 2.05) is 32.0 Å². The van der Waals surface area contributed by atoms with Gasteiger partial charge in [0.25, 0.3) is 5.56 Å². The van der Waals surface area contributed by atoms with Crippen molar-refractivity contribution in [2.24, 2.45) is 0 Å². The van der Waals surface area contributed by atoms with Crippen molar-refractivity contribution in [1.29, 1.82) is 0 Å². The molecule has 2 rings (SSSR count). The Bertz CT molecular complexity index is 1030. The van der Waals surface area contributed by atoms with E-state index in [0.717, 1.165) is 49.4 Å². The summed E-state index contributed by atoms with van der Waals surface area (Å²) < 4.78 is 14.0. The molecule has 182 valence electrons. The number of hydrogen-bond acceptors (Lipinski definition) is 4. The van der Waals surface area contributed by atoms with Crippen LogP contribution in [0.15, 0.2) is 46.3 Å². The molecular formula is C28H42N2O3. The number of pyridine rings is 1. The molecule has 0 saturated carbocycles. The van der Waals surface area contributed by atoms with Crippen LogP contribution in [0.2, 0.25) is 0 Å². The van der Waals surface area contributed by atoms with Crippen molar-refractivity contribution in [3.63, 3.8) is 0 Å². The van der Waals surface area contributed by atoms with Crippen molar-refractivity contribution in [2.45, 2.75) is 92.7 Å². The molecule has 0 aliphatic heterocycles. The van der Waals surface area contributed by atoms with E-state index in [1.54, 1.807) is 4.57 Å². The van der Waals surface area contributed by atoms with Crippen molar-refractivity contribution >= 4 is 16.6 Å². The summed E-state index contributed by atoms with van der Waals surface area (Å²) in [7, 11) is 0. The number of fused-ring (bicyclic) bond motifs is 1. The lowest BCUT2D eigenvalue weighted by Gasteiger charge is -2.20. The molecule has 0 spiro atoms. The molecule has 0 radical (unpaired) electrons. The summed E-state index contributed by atoms with van der Waals surface area (Å²) in [4.78, 5) is 13.5. The first kappa shape index (κ1) is 26.6. The minimum atomic E-state index is -0.155. The van der Waals surface area contributed by atoms with Crippen LogP contribution in [0.1, 0.15) is 80.1 Å². The zero-order valence-electron chi connectivity index (χ0n) is 21.4. The molecule has 1 heterocycles. The molecule has 5 nitrogen and oxygen atoms in total. The lowest BCUT2D eigenvalue weighted by Crippen LogP contribution is -2.25. The number of anilines is 1. The van der Waals surface area contributed by atoms with Gasteiger partial charge in [-0.3, -0.25) is 4.79 Å². The smallest absolute Gasteiger partial charge is 0.297 e. The average Bonchev–Trinajstić information content (AvgIpc) is 2.74. The lowest BCUT2D eigenvalue weighted by molar-refractivity contribution is 0.222. The molecule has 0 amide bonds. The van der Waals surface area contributed by atoms with E-state index in [1.165, 1.54) is 11.1 Å². The molecule has 0 atom stereocenters. The van der Waals surface area contributed by atoms with Gasteiger partial charge >= 0.3 is 0 Å². The SMILES string of the molecule is CCCCCCn1c(=O)c(OC(C)C)c(OC/C=C(\C)CCC=C(C)C)c2ccc(N)cc21. The van der Waals surface area contributed by atoms with Gasteiger partial charge in [-0.25, -0.2) is 0 Å². The average molecular weight is 455 g/mol. The third kappa shape index (κ3) is 7.99. The molecule has 0 aliphatic rings. The Labute approximate surface area is 199 Å². The second-order valence-electron chi connectivity index (χ2n) is 9.30. The van der Waals surface area contributed by atoms with Crippen molar-refractivity contribution < 1.29 is 9.47 Å². The van der Waals surface area contributed by atoms with Crippen LogP contribution in [0.25, 0.3) is 10.9 Å². The van der Waals surface area contributed by atoms with Crippen LogP contribution in [-0.4, -0.2) is 17.3 Å². The fourth-order valence-electron chi connectivity index (χ4n) is 3.77. The summed E-state index contributed by atoms with van der Waals surface area (Å²) in [6, 6.07) is 5.64. The first-order chi connectivity index (χ1) is 15.7. The van der Waals surface area contributed by atoms with E-state index in [4.69, 9.17) is 15.2 Å². The van der Waals surface area contributed by atoms with Gasteiger partial charge in [-0.15, -0.1) is 0 Å². The van der Waals surface area contributed by atoms with Gasteiger partial charge in [0.2, 0.25) is 5.75 Å². The molecule has 2 aromatic rings. The number of nitrogens with two attached hydrogens (primary N) is 1. The van der Waals surface area contributed by atoms with E-state index in [2.05, 4.69) is 39.8 Å². The van der Waals surface area contributed by atoms with Gasteiger partial charge in [-0.2, -0.15) is 0 Å². The molecule has 0 unspecified atom stereocenters. The molecule has 0 bridgehead atoms. The van der Waals surface area contributed by atoms with Crippen LogP contribution in [0, 0.1) is 0 Å². The van der Waals surface area contributed by atoms with Gasteiger partial charge in [0, 0.05) is 17.6 Å². The predicted octanol–water partition coefficient (Wildman–Crippen LogP) is 7.02. The summed E-state index contributed by atoms with van der Waals surface area (Å²) in [5, 5.41) is 0.852. The van der Waals surface area contributed by atoms with E-state index >= 15 is 0 Å². The minimum Gasteiger partial charge on any atom is -0.485 e. The van der Waals surface area contributed by atoms with Gasteiger partial charge in [-0.05, 0) is 78.2 Å². The van der Waals surface area contributed by atoms with Crippen molar-refractivity contribution in [3.8, 4) is 11.5 Å². The van der Waals surface area contributed by atoms with Gasteiger partial charge in [0.05, 0.1) is 11.6 Å². The fourth-order valence-corrected chi connectivity index (χ4v) is 3.77. The fraction of sp³-hybridized carbons (Fsp3) is 0.536. The molecule has 5 heteroatoms. The molecular weight excluding hydrogens is 412 g/mol. The summed E-state index contributed by atoms with van der Waals surface area (Å²) >= 11 is 0. The molecule has 1 aromatic heterocycles. The molecule has 1 aromatic carbocycles. The normalized spacial score (nSPS) is 11.8. The van der Waals surface area contributed by atoms with Crippen LogP contribution in [0.3, 0.4) is 0 Å². The zero-order chi connectivity index (χ0) is 24.4. The third-order valence-electron chi connectivity index (χ3n) is 5.54. The third-order valence-corrected chi connectivity index (χ3v) is 5.54. The zero-order valence-corrected chi connectivity index (χ0v) is 21.4. The minimum absolute atomic E-state index is 0.138. The molecule has 2 N–H and O–H groups in total. The summed E-state index contributed by atoms with van der Waals surface area (Å²) in [6.45, 7) is 13.4. The Kier molecular flexibility index (Phi) is 10.6. The van der Waals surface area contributed by atoms with E-state index in [9.17, 15) is 4.79 Å². The lowest BCUT2D eigenvalue weighted by atomic mass is 10.1. The quantitative estimate of drug-likeness (QED) is 0.201. The van der Waals surface area contributed by atoms with Gasteiger partial charge in [0.15, 0.2) is 5.75 Å². The monoisotopic (exact) mass is 454 g/mol. The van der Waals surface area contributed by atoms with Crippen molar-refractivity contribution in [1.82, 2.24) is 4.57 Å². The second kappa shape index (κ2) is 13.1. The number of nitrogen functional groups attached to an aromatic ring is 1. The number of benzene rings is 1. The summed E-state index contributed by atoms with van der Waals surface area (Å²) in [5.74, 6) is 0.787. The number of hydrogen-bond donors (Lipinski definition) is 1. The Balaban J connectivity index is 2.43. The van der Waals surface area contributed by atoms with Gasteiger partial charge in [-0.1, -0.05) is 43.4 Å². The highest BCUT2D eigenvalue weighted by molar-refractivity contribution is 5.90. The maximum atomic E-state index is 13.5. The van der Waals surface area contributed by atoms with Crippen LogP contribution < -0.4 is 20.8 Å². The number of ether oxygens (including phenoxy) is 2. The first-order valence-corrected chi connectivity index (χ1v) is 12.3. The number of rotatable bonds is 13. The number of nitrogens with zero attached hydrogens (tertiary/aromatic N) is 1. The largest absolute Gasteiger partial charge is 0.485 e. The standard InChI is InChI=1S/C28H42N2O3/c1-7-8-9-10-17-30-25-19-23(29)14-15-24(25)26(27(28(30)31)33-21(4)5)32-18-16-22(6)13-11-12-20(2)3/h12,14-16,19,21H,7-11,13,17-18,29H2,1-6H3/b22-16+. The molecule has 0 aliphatic carbocycles. The van der Waals surface area contributed by atoms with Crippen LogP contribution in [0.5, 0.6) is 11.5 Å². The Hall–Kier alpha value is -2.69. The highest BCUT2D eigenvalue weighted by Crippen LogP contribution is 2.34. The van der Waals surface area contributed by atoms with Crippen LogP contribution in [-0.2, 0) is 6.54 Å². The van der Waals surface area contributed by atoms with E-state index in [-0.39, 0.29) is 17.4 Å². The van der Waals surface area contributed by atoms with Crippen molar-refractivity contribution in [2.75, 3.05) is 12.3 Å². The van der Waals surface area contributed by atoms with E-state index < -0.39 is 0 Å². The van der Waals surface area contributed by atoms with Gasteiger partial charge in [0.1, 0.15) is 6.61 Å². The number of allylic oxidation sites excluding steroid dienone is 3. The topological polar surface area (TPSA) is 66.5 Å². The molecule has 0 saturated heterocycles. The Morgan fingerprint density at radius 1 is 1.09 bits per heavy atom. The Morgan fingerprint density at radius 3 is 2.52 bits per heavy atom. The maximum absolute atomic E-state index is 13.5. The summed E-state index contributed by atoms with van der Waals surface area (Å²) in [5.41, 5.74) is 9.95. The highest BCUT2D eigenvalue weighted by atomic mass is 16.5. The van der Waals surface area contributed by atoms with E-state index in [0.29, 0.717) is 24.6 Å².